The topological polar surface area (TPSA) is 74.6 Å². The largest absolute Gasteiger partial charge is 0.370 e. The minimum atomic E-state index is -2.40. The van der Waals surface area contributed by atoms with E-state index in [1.54, 1.807) is 0 Å². The van der Waals surface area contributed by atoms with Crippen LogP contribution in [0.15, 0.2) is 0 Å². The van der Waals surface area contributed by atoms with Gasteiger partial charge < -0.3 is 10.2 Å². The number of rotatable bonds is 4. The highest BCUT2D eigenvalue weighted by Crippen LogP contribution is 2.39. The summed E-state index contributed by atoms with van der Waals surface area (Å²) >= 11 is 15.0. The van der Waals surface area contributed by atoms with E-state index in [1.165, 1.54) is 0 Å². The van der Waals surface area contributed by atoms with Gasteiger partial charge in [0.15, 0.2) is 5.56 Å². The number of carbonyl (C=O) groups excluding carboxylic acids is 2. The first-order chi connectivity index (χ1) is 5.77. The first-order valence-electron chi connectivity index (χ1n) is 2.60. The van der Waals surface area contributed by atoms with Gasteiger partial charge in [-0.3, -0.25) is 9.59 Å². The average Bonchev–Trinajstić information content (AvgIpc) is 1.99. The standard InChI is InChI=1S/C4H3Cl3O4S2/c5-1(8)2(9)12-13-4(7,11)3(6)10/h1,8,11H. The lowest BCUT2D eigenvalue weighted by molar-refractivity contribution is -0.117. The van der Waals surface area contributed by atoms with E-state index in [-0.39, 0.29) is 10.8 Å². The lowest BCUT2D eigenvalue weighted by atomic mass is 10.8. The summed E-state index contributed by atoms with van der Waals surface area (Å²) in [6.07, 6.45) is 0. The molecular formula is C4H3Cl3O4S2. The molecule has 2 atom stereocenters. The predicted molar refractivity (Wildman–Crippen MR) is 53.7 cm³/mol. The maximum atomic E-state index is 10.6. The van der Waals surface area contributed by atoms with Crippen LogP contribution in [0.25, 0.3) is 0 Å². The van der Waals surface area contributed by atoms with Crippen molar-refractivity contribution < 1.29 is 19.8 Å². The van der Waals surface area contributed by atoms with Crippen molar-refractivity contribution in [1.29, 1.82) is 0 Å². The van der Waals surface area contributed by atoms with Gasteiger partial charge in [0.2, 0.25) is 5.12 Å². The van der Waals surface area contributed by atoms with Crippen molar-refractivity contribution in [3.63, 3.8) is 0 Å². The molecule has 0 aliphatic carbocycles. The van der Waals surface area contributed by atoms with E-state index < -0.39 is 20.3 Å². The number of hydrogen-bond donors (Lipinski definition) is 2. The fraction of sp³-hybridized carbons (Fsp3) is 0.500. The molecule has 0 rings (SSSR count). The summed E-state index contributed by atoms with van der Waals surface area (Å²) in [6, 6.07) is 0. The Kier molecular flexibility index (Phi) is 6.01. The minimum absolute atomic E-state index is 0.285. The second kappa shape index (κ2) is 5.65. The first-order valence-corrected chi connectivity index (χ1v) is 5.94. The van der Waals surface area contributed by atoms with Gasteiger partial charge in [0.1, 0.15) is 0 Å². The molecule has 0 radical (unpaired) electrons. The van der Waals surface area contributed by atoms with Crippen LogP contribution in [0, 0.1) is 0 Å². The van der Waals surface area contributed by atoms with Crippen molar-refractivity contribution in [2.45, 2.75) is 9.96 Å². The molecule has 0 aromatic rings. The van der Waals surface area contributed by atoms with Crippen LogP contribution in [-0.2, 0) is 9.59 Å². The smallest absolute Gasteiger partial charge is 0.280 e. The molecule has 13 heavy (non-hydrogen) atoms. The number of alkyl halides is 2. The maximum absolute atomic E-state index is 10.6. The third-order valence-corrected chi connectivity index (χ3v) is 4.50. The van der Waals surface area contributed by atoms with Crippen LogP contribution < -0.4 is 0 Å². The molecule has 4 nitrogen and oxygen atoms in total. The summed E-state index contributed by atoms with van der Waals surface area (Å²) in [5.74, 6) is 0. The summed E-state index contributed by atoms with van der Waals surface area (Å²) in [6.45, 7) is 0. The van der Waals surface area contributed by atoms with Crippen LogP contribution in [0.4, 0.5) is 0 Å². The first kappa shape index (κ1) is 13.8. The highest BCUT2D eigenvalue weighted by atomic mass is 35.5. The minimum Gasteiger partial charge on any atom is -0.370 e. The Morgan fingerprint density at radius 1 is 1.46 bits per heavy atom. The van der Waals surface area contributed by atoms with E-state index in [0.717, 1.165) is 0 Å². The van der Waals surface area contributed by atoms with Crippen LogP contribution in [0.5, 0.6) is 0 Å². The number of hydrogen-bond acceptors (Lipinski definition) is 6. The zero-order valence-corrected chi connectivity index (χ0v) is 9.64. The van der Waals surface area contributed by atoms with Crippen molar-refractivity contribution in [3.05, 3.63) is 0 Å². The number of halogens is 3. The quantitative estimate of drug-likeness (QED) is 0.349. The fourth-order valence-electron chi connectivity index (χ4n) is 0.169. The summed E-state index contributed by atoms with van der Waals surface area (Å²) in [5, 5.41) is 15.4. The molecule has 0 bridgehead atoms. The summed E-state index contributed by atoms with van der Waals surface area (Å²) in [5.41, 5.74) is -1.71. The van der Waals surface area contributed by atoms with Gasteiger partial charge in [0.05, 0.1) is 0 Å². The highest BCUT2D eigenvalue weighted by Gasteiger charge is 2.34. The third-order valence-electron chi connectivity index (χ3n) is 0.671. The predicted octanol–water partition coefficient (Wildman–Crippen LogP) is 1.10. The molecule has 2 unspecified atom stereocenters. The van der Waals surface area contributed by atoms with E-state index >= 15 is 0 Å². The Bertz CT molecular complexity index is 219. The molecular weight excluding hydrogens is 283 g/mol. The Hall–Kier alpha value is 0.830. The van der Waals surface area contributed by atoms with Crippen LogP contribution >= 0.6 is 56.4 Å². The molecule has 0 heterocycles. The second-order valence-electron chi connectivity index (χ2n) is 1.66. The van der Waals surface area contributed by atoms with Gasteiger partial charge in [-0.15, -0.1) is 0 Å². The van der Waals surface area contributed by atoms with Gasteiger partial charge in [0.25, 0.3) is 9.63 Å². The summed E-state index contributed by atoms with van der Waals surface area (Å²) < 4.78 is -2.40. The summed E-state index contributed by atoms with van der Waals surface area (Å²) in [7, 11) is 0.614. The molecule has 0 saturated heterocycles. The highest BCUT2D eigenvalue weighted by molar-refractivity contribution is 8.83. The van der Waals surface area contributed by atoms with Gasteiger partial charge in [0, 0.05) is 0 Å². The number of aliphatic hydroxyl groups is 2. The zero-order valence-electron chi connectivity index (χ0n) is 5.74. The molecule has 0 aromatic heterocycles. The molecule has 0 aromatic carbocycles. The molecule has 9 heteroatoms. The van der Waals surface area contributed by atoms with E-state index in [9.17, 15) is 9.59 Å². The van der Waals surface area contributed by atoms with Crippen LogP contribution in [0.3, 0.4) is 0 Å². The van der Waals surface area contributed by atoms with Gasteiger partial charge in [-0.2, -0.15) is 0 Å². The zero-order chi connectivity index (χ0) is 10.6. The van der Waals surface area contributed by atoms with Crippen LogP contribution in [0.2, 0.25) is 0 Å². The molecule has 0 amide bonds. The Balaban J connectivity index is 4.03. The van der Waals surface area contributed by atoms with Crippen LogP contribution in [-0.4, -0.2) is 30.5 Å². The Labute approximate surface area is 96.3 Å². The average molecular weight is 286 g/mol. The molecule has 0 aliphatic heterocycles. The second-order valence-corrected chi connectivity index (χ2v) is 5.51. The van der Waals surface area contributed by atoms with Crippen LogP contribution in [0.1, 0.15) is 0 Å². The molecule has 76 valence electrons. The molecule has 2 N–H and O–H groups in total. The number of aliphatic hydroxyl groups excluding tert-OH is 1. The fourth-order valence-corrected chi connectivity index (χ4v) is 2.41. The van der Waals surface area contributed by atoms with Gasteiger partial charge in [-0.05, 0) is 33.2 Å². The lowest BCUT2D eigenvalue weighted by Gasteiger charge is -2.12. The van der Waals surface area contributed by atoms with Gasteiger partial charge in [-0.25, -0.2) is 0 Å². The lowest BCUT2D eigenvalue weighted by Crippen LogP contribution is -2.23. The van der Waals surface area contributed by atoms with E-state index in [1.807, 2.05) is 0 Å². The number of carbonyl (C=O) groups is 2. The third kappa shape index (κ3) is 5.31. The van der Waals surface area contributed by atoms with Crippen molar-refractivity contribution >= 4 is 66.7 Å². The SMILES string of the molecule is O=C(SSC(O)(Cl)C(=O)Cl)C(O)Cl. The van der Waals surface area contributed by atoms with E-state index in [0.29, 0.717) is 10.8 Å². The molecule has 0 saturated carbocycles. The molecule has 0 spiro atoms. The summed E-state index contributed by atoms with van der Waals surface area (Å²) in [4.78, 5) is 21.0. The van der Waals surface area contributed by atoms with Crippen molar-refractivity contribution in [1.82, 2.24) is 0 Å². The molecule has 0 fully saturated rings. The maximum Gasteiger partial charge on any atom is 0.280 e. The van der Waals surface area contributed by atoms with Gasteiger partial charge >= 0.3 is 0 Å². The monoisotopic (exact) mass is 284 g/mol. The van der Waals surface area contributed by atoms with Crippen molar-refractivity contribution in [2.24, 2.45) is 0 Å². The van der Waals surface area contributed by atoms with E-state index in [4.69, 9.17) is 45.0 Å². The van der Waals surface area contributed by atoms with Crippen molar-refractivity contribution in [2.75, 3.05) is 0 Å². The van der Waals surface area contributed by atoms with Crippen molar-refractivity contribution in [3.8, 4) is 0 Å². The van der Waals surface area contributed by atoms with Gasteiger partial charge in [-0.1, -0.05) is 23.2 Å². The Morgan fingerprint density at radius 3 is 2.23 bits per heavy atom. The Morgan fingerprint density at radius 2 is 1.92 bits per heavy atom. The normalized spacial score (nSPS) is 17.6. The van der Waals surface area contributed by atoms with E-state index in [2.05, 4.69) is 0 Å². The molecule has 0 aliphatic rings.